The van der Waals surface area contributed by atoms with E-state index < -0.39 is 0 Å². The van der Waals surface area contributed by atoms with Gasteiger partial charge in [0.2, 0.25) is 5.95 Å². The minimum atomic E-state index is 0.691. The lowest BCUT2D eigenvalue weighted by molar-refractivity contribution is 0.414. The third kappa shape index (κ3) is 4.76. The monoisotopic (exact) mass is 362 g/mol. The van der Waals surface area contributed by atoms with E-state index in [9.17, 15) is 0 Å². The summed E-state index contributed by atoms with van der Waals surface area (Å²) >= 11 is 0. The molecule has 0 saturated carbocycles. The topological polar surface area (TPSA) is 50.3 Å². The Balaban J connectivity index is 1.80. The van der Waals surface area contributed by atoms with Gasteiger partial charge in [0.15, 0.2) is 0 Å². The molecule has 0 radical (unpaired) electrons. The molecule has 1 heterocycles. The van der Waals surface area contributed by atoms with Gasteiger partial charge < -0.3 is 15.0 Å². The summed E-state index contributed by atoms with van der Waals surface area (Å²) in [5, 5.41) is 3.40. The van der Waals surface area contributed by atoms with Crippen molar-refractivity contribution in [3.05, 3.63) is 71.4 Å². The molecular weight excluding hydrogens is 336 g/mol. The summed E-state index contributed by atoms with van der Waals surface area (Å²) in [7, 11) is 1.67. The SMILES string of the molecule is CCN(c1cccc(C)c1)c1nc(C)cc(NCc2ccc(OC)cc2)n1. The van der Waals surface area contributed by atoms with E-state index in [2.05, 4.69) is 53.3 Å². The molecule has 140 valence electrons. The van der Waals surface area contributed by atoms with Crippen LogP contribution >= 0.6 is 0 Å². The van der Waals surface area contributed by atoms with E-state index >= 15 is 0 Å². The standard InChI is InChI=1S/C22H26N4O/c1-5-26(19-8-6-7-16(2)13-19)22-24-17(3)14-21(25-22)23-15-18-9-11-20(27-4)12-10-18/h6-14H,5,15H2,1-4H3,(H,23,24,25). The molecule has 0 aliphatic heterocycles. The van der Waals surface area contributed by atoms with E-state index in [1.807, 2.05) is 37.3 Å². The highest BCUT2D eigenvalue weighted by Gasteiger charge is 2.12. The molecule has 1 N–H and O–H groups in total. The lowest BCUT2D eigenvalue weighted by atomic mass is 10.2. The fourth-order valence-electron chi connectivity index (χ4n) is 2.94. The fraction of sp³-hybridized carbons (Fsp3) is 0.273. The molecule has 2 aromatic carbocycles. The smallest absolute Gasteiger partial charge is 0.232 e. The van der Waals surface area contributed by atoms with Crippen LogP contribution in [-0.2, 0) is 6.54 Å². The second-order valence-electron chi connectivity index (χ2n) is 6.48. The van der Waals surface area contributed by atoms with Crippen molar-refractivity contribution in [2.45, 2.75) is 27.3 Å². The summed E-state index contributed by atoms with van der Waals surface area (Å²) < 4.78 is 5.21. The number of ether oxygens (including phenoxy) is 1. The minimum Gasteiger partial charge on any atom is -0.497 e. The van der Waals surface area contributed by atoms with Crippen molar-refractivity contribution in [3.8, 4) is 5.75 Å². The summed E-state index contributed by atoms with van der Waals surface area (Å²) in [5.74, 6) is 2.38. The van der Waals surface area contributed by atoms with Gasteiger partial charge in [0.25, 0.3) is 0 Å². The van der Waals surface area contributed by atoms with Gasteiger partial charge in [-0.3, -0.25) is 0 Å². The van der Waals surface area contributed by atoms with Crippen molar-refractivity contribution < 1.29 is 4.74 Å². The maximum absolute atomic E-state index is 5.21. The number of aromatic nitrogens is 2. The Bertz CT molecular complexity index is 893. The van der Waals surface area contributed by atoms with Gasteiger partial charge in [-0.15, -0.1) is 0 Å². The van der Waals surface area contributed by atoms with Crippen molar-refractivity contribution >= 4 is 17.5 Å². The molecule has 0 bridgehead atoms. The average Bonchev–Trinajstić information content (AvgIpc) is 2.67. The van der Waals surface area contributed by atoms with Crippen molar-refractivity contribution in [3.63, 3.8) is 0 Å². The van der Waals surface area contributed by atoms with E-state index in [1.54, 1.807) is 7.11 Å². The van der Waals surface area contributed by atoms with Crippen LogP contribution in [0.15, 0.2) is 54.6 Å². The van der Waals surface area contributed by atoms with Gasteiger partial charge >= 0.3 is 0 Å². The van der Waals surface area contributed by atoms with E-state index in [1.165, 1.54) is 11.1 Å². The quantitative estimate of drug-likeness (QED) is 0.650. The molecule has 0 fully saturated rings. The maximum atomic E-state index is 5.21. The molecule has 0 aliphatic carbocycles. The van der Waals surface area contributed by atoms with Gasteiger partial charge in [0.05, 0.1) is 7.11 Å². The highest BCUT2D eigenvalue weighted by Crippen LogP contribution is 2.24. The van der Waals surface area contributed by atoms with Crippen LogP contribution in [0, 0.1) is 13.8 Å². The number of methoxy groups -OCH3 is 1. The van der Waals surface area contributed by atoms with Crippen LogP contribution < -0.4 is 15.0 Å². The first-order valence-electron chi connectivity index (χ1n) is 9.15. The highest BCUT2D eigenvalue weighted by molar-refractivity contribution is 5.59. The van der Waals surface area contributed by atoms with Gasteiger partial charge in [-0.2, -0.15) is 4.98 Å². The van der Waals surface area contributed by atoms with Gasteiger partial charge in [-0.25, -0.2) is 4.98 Å². The van der Waals surface area contributed by atoms with Crippen molar-refractivity contribution in [1.82, 2.24) is 9.97 Å². The third-order valence-electron chi connectivity index (χ3n) is 4.35. The van der Waals surface area contributed by atoms with E-state index in [0.717, 1.165) is 29.5 Å². The number of nitrogens with one attached hydrogen (secondary N) is 1. The van der Waals surface area contributed by atoms with E-state index in [4.69, 9.17) is 9.72 Å². The molecule has 0 aliphatic rings. The predicted octanol–water partition coefficient (Wildman–Crippen LogP) is 4.87. The second-order valence-corrected chi connectivity index (χ2v) is 6.48. The molecule has 0 spiro atoms. The van der Waals surface area contributed by atoms with Crippen molar-refractivity contribution in [2.75, 3.05) is 23.9 Å². The number of nitrogens with zero attached hydrogens (tertiary/aromatic N) is 3. The van der Waals surface area contributed by atoms with Crippen LogP contribution in [0.2, 0.25) is 0 Å². The zero-order valence-corrected chi connectivity index (χ0v) is 16.4. The van der Waals surface area contributed by atoms with Crippen LogP contribution in [0.1, 0.15) is 23.7 Å². The molecule has 3 aromatic rings. The molecule has 5 heteroatoms. The van der Waals surface area contributed by atoms with Gasteiger partial charge in [0, 0.05) is 30.5 Å². The summed E-state index contributed by atoms with van der Waals surface area (Å²) in [5.41, 5.74) is 4.42. The zero-order valence-electron chi connectivity index (χ0n) is 16.4. The molecule has 0 amide bonds. The first-order chi connectivity index (χ1) is 13.1. The number of benzene rings is 2. The lowest BCUT2D eigenvalue weighted by Crippen LogP contribution is -2.20. The maximum Gasteiger partial charge on any atom is 0.232 e. The van der Waals surface area contributed by atoms with Crippen LogP contribution in [-0.4, -0.2) is 23.6 Å². The van der Waals surface area contributed by atoms with Gasteiger partial charge in [-0.05, 0) is 56.2 Å². The summed E-state index contributed by atoms with van der Waals surface area (Å²) in [4.78, 5) is 11.5. The Kier molecular flexibility index (Phi) is 5.91. The Morgan fingerprint density at radius 2 is 1.78 bits per heavy atom. The zero-order chi connectivity index (χ0) is 19.2. The summed E-state index contributed by atoms with van der Waals surface area (Å²) in [6, 6.07) is 18.4. The lowest BCUT2D eigenvalue weighted by Gasteiger charge is -2.22. The number of hydrogen-bond acceptors (Lipinski definition) is 5. The van der Waals surface area contributed by atoms with Gasteiger partial charge in [0.1, 0.15) is 11.6 Å². The molecule has 5 nitrogen and oxygen atoms in total. The first kappa shape index (κ1) is 18.7. The Morgan fingerprint density at radius 1 is 1.00 bits per heavy atom. The average molecular weight is 362 g/mol. The van der Waals surface area contributed by atoms with Crippen molar-refractivity contribution in [1.29, 1.82) is 0 Å². The summed E-state index contributed by atoms with van der Waals surface area (Å²) in [6.07, 6.45) is 0. The molecule has 1 aromatic heterocycles. The number of hydrogen-bond donors (Lipinski definition) is 1. The normalized spacial score (nSPS) is 10.5. The van der Waals surface area contributed by atoms with Crippen LogP contribution in [0.3, 0.4) is 0 Å². The molecule has 0 saturated heterocycles. The third-order valence-corrected chi connectivity index (χ3v) is 4.35. The Hall–Kier alpha value is -3.08. The minimum absolute atomic E-state index is 0.691. The predicted molar refractivity (Wildman–Crippen MR) is 111 cm³/mol. The Labute approximate surface area is 161 Å². The second kappa shape index (κ2) is 8.54. The molecular formula is C22H26N4O. The first-order valence-corrected chi connectivity index (χ1v) is 9.15. The number of aryl methyl sites for hydroxylation is 2. The number of anilines is 3. The molecule has 27 heavy (non-hydrogen) atoms. The molecule has 0 atom stereocenters. The van der Waals surface area contributed by atoms with Crippen molar-refractivity contribution in [2.24, 2.45) is 0 Å². The van der Waals surface area contributed by atoms with Crippen LogP contribution in [0.4, 0.5) is 17.5 Å². The van der Waals surface area contributed by atoms with E-state index in [-0.39, 0.29) is 0 Å². The fourth-order valence-corrected chi connectivity index (χ4v) is 2.94. The highest BCUT2D eigenvalue weighted by atomic mass is 16.5. The van der Waals surface area contributed by atoms with Crippen LogP contribution in [0.5, 0.6) is 5.75 Å². The molecule has 3 rings (SSSR count). The number of rotatable bonds is 7. The van der Waals surface area contributed by atoms with Gasteiger partial charge in [-0.1, -0.05) is 24.3 Å². The molecule has 0 unspecified atom stereocenters. The van der Waals surface area contributed by atoms with E-state index in [0.29, 0.717) is 12.5 Å². The van der Waals surface area contributed by atoms with Crippen LogP contribution in [0.25, 0.3) is 0 Å². The Morgan fingerprint density at radius 3 is 2.44 bits per heavy atom. The largest absolute Gasteiger partial charge is 0.497 e. The summed E-state index contributed by atoms with van der Waals surface area (Å²) in [6.45, 7) is 7.68.